The average Bonchev–Trinajstić information content (AvgIpc) is 3.17. The molecule has 8 heteroatoms. The van der Waals surface area contributed by atoms with Crippen molar-refractivity contribution in [2.24, 2.45) is 0 Å². The van der Waals surface area contributed by atoms with Crippen LogP contribution in [0.3, 0.4) is 0 Å². The van der Waals surface area contributed by atoms with Crippen LogP contribution in [0.1, 0.15) is 32.5 Å². The van der Waals surface area contributed by atoms with Gasteiger partial charge in [0.05, 0.1) is 12.8 Å². The molecule has 2 N–H and O–H groups in total. The molecular formula is C24H18ClNO5S. The summed E-state index contributed by atoms with van der Waals surface area (Å²) >= 11 is 7.16. The van der Waals surface area contributed by atoms with Crippen molar-refractivity contribution >= 4 is 40.5 Å². The topological polar surface area (TPSA) is 84.9 Å². The number of halogens is 1. The standard InChI is InChI=1S/C24H18ClNO5S/c1-3-10-31-18-11-14(6-9-17(18)30-2)16-12-19(27)26-21-20(13-4-7-15(25)8-5-13)23(24(28)29)32-22(16)21/h1,4-9,11,16H,10,12H2,2H3,(H,26,27)(H,28,29)/t16-/m0/s1. The fourth-order valence-electron chi connectivity index (χ4n) is 3.74. The highest BCUT2D eigenvalue weighted by Gasteiger charge is 2.34. The van der Waals surface area contributed by atoms with Crippen molar-refractivity contribution in [2.45, 2.75) is 12.3 Å². The van der Waals surface area contributed by atoms with E-state index < -0.39 is 5.97 Å². The van der Waals surface area contributed by atoms with Crippen molar-refractivity contribution in [3.05, 3.63) is 62.8 Å². The quantitative estimate of drug-likeness (QED) is 0.483. The monoisotopic (exact) mass is 467 g/mol. The van der Waals surface area contributed by atoms with E-state index in [4.69, 9.17) is 27.5 Å². The van der Waals surface area contributed by atoms with Crippen molar-refractivity contribution in [1.82, 2.24) is 0 Å². The Hall–Kier alpha value is -3.47. The maximum Gasteiger partial charge on any atom is 0.346 e. The number of nitrogens with one attached hydrogen (secondary N) is 1. The molecule has 2 aromatic carbocycles. The van der Waals surface area contributed by atoms with Crippen molar-refractivity contribution in [2.75, 3.05) is 19.0 Å². The van der Waals surface area contributed by atoms with Gasteiger partial charge in [-0.25, -0.2) is 4.79 Å². The number of carboxylic acid groups (broad SMARTS) is 1. The highest BCUT2D eigenvalue weighted by molar-refractivity contribution is 7.15. The second kappa shape index (κ2) is 8.95. The summed E-state index contributed by atoms with van der Waals surface area (Å²) in [4.78, 5) is 25.6. The lowest BCUT2D eigenvalue weighted by Gasteiger charge is -2.24. The number of anilines is 1. The van der Waals surface area contributed by atoms with Gasteiger partial charge in [-0.15, -0.1) is 17.8 Å². The van der Waals surface area contributed by atoms with Gasteiger partial charge in [0.2, 0.25) is 5.91 Å². The van der Waals surface area contributed by atoms with Crippen LogP contribution in [0.5, 0.6) is 11.5 Å². The van der Waals surface area contributed by atoms with Crippen molar-refractivity contribution in [3.8, 4) is 35.0 Å². The molecule has 3 aromatic rings. The lowest BCUT2D eigenvalue weighted by Crippen LogP contribution is -2.22. The second-order valence-electron chi connectivity index (χ2n) is 7.07. The Kier molecular flexibility index (Phi) is 6.08. The molecule has 0 fully saturated rings. The van der Waals surface area contributed by atoms with Gasteiger partial charge in [0, 0.05) is 27.8 Å². The molecule has 1 aromatic heterocycles. The predicted molar refractivity (Wildman–Crippen MR) is 124 cm³/mol. The van der Waals surface area contributed by atoms with Gasteiger partial charge in [-0.3, -0.25) is 4.79 Å². The zero-order valence-corrected chi connectivity index (χ0v) is 18.5. The molecule has 0 aliphatic carbocycles. The first-order valence-corrected chi connectivity index (χ1v) is 10.8. The number of hydrogen-bond acceptors (Lipinski definition) is 5. The van der Waals surface area contributed by atoms with Crippen LogP contribution in [0.15, 0.2) is 42.5 Å². The zero-order chi connectivity index (χ0) is 22.8. The molecule has 1 aliphatic heterocycles. The van der Waals surface area contributed by atoms with Crippen LogP contribution < -0.4 is 14.8 Å². The molecule has 0 saturated carbocycles. The van der Waals surface area contributed by atoms with E-state index in [1.807, 2.05) is 6.07 Å². The molecule has 0 saturated heterocycles. The number of hydrogen-bond donors (Lipinski definition) is 2. The van der Waals surface area contributed by atoms with E-state index in [0.29, 0.717) is 33.3 Å². The molecule has 162 valence electrons. The molecule has 0 bridgehead atoms. The summed E-state index contributed by atoms with van der Waals surface area (Å²) in [5, 5.41) is 13.3. The van der Waals surface area contributed by atoms with Gasteiger partial charge in [-0.2, -0.15) is 0 Å². The Bertz CT molecular complexity index is 1240. The van der Waals surface area contributed by atoms with Crippen LogP contribution in [-0.4, -0.2) is 30.7 Å². The molecular weight excluding hydrogens is 450 g/mol. The van der Waals surface area contributed by atoms with E-state index in [9.17, 15) is 14.7 Å². The van der Waals surface area contributed by atoms with Gasteiger partial charge in [-0.1, -0.05) is 35.7 Å². The molecule has 0 radical (unpaired) electrons. The molecule has 1 amide bonds. The lowest BCUT2D eigenvalue weighted by atomic mass is 9.88. The molecule has 0 unspecified atom stereocenters. The van der Waals surface area contributed by atoms with Crippen LogP contribution >= 0.6 is 22.9 Å². The molecule has 1 atom stereocenters. The Morgan fingerprint density at radius 1 is 1.28 bits per heavy atom. The number of terminal acetylenes is 1. The Labute approximate surface area is 193 Å². The largest absolute Gasteiger partial charge is 0.493 e. The first-order valence-electron chi connectivity index (χ1n) is 9.63. The normalized spacial score (nSPS) is 14.8. The van der Waals surface area contributed by atoms with Gasteiger partial charge in [0.25, 0.3) is 0 Å². The number of benzene rings is 2. The number of carbonyl (C=O) groups excluding carboxylic acids is 1. The first kappa shape index (κ1) is 21.8. The number of carbonyl (C=O) groups is 2. The lowest BCUT2D eigenvalue weighted by molar-refractivity contribution is -0.116. The number of rotatable bonds is 6. The van der Waals surface area contributed by atoms with Gasteiger partial charge in [0.15, 0.2) is 11.5 Å². The summed E-state index contributed by atoms with van der Waals surface area (Å²) in [5.74, 6) is 1.79. The number of fused-ring (bicyclic) bond motifs is 1. The number of methoxy groups -OCH3 is 1. The van der Waals surface area contributed by atoms with Crippen LogP contribution in [0, 0.1) is 12.3 Å². The maximum atomic E-state index is 12.6. The SMILES string of the molecule is C#CCOc1cc([C@@H]2CC(=O)Nc3c2sc(C(=O)O)c3-c2ccc(Cl)cc2)ccc1OC. The third kappa shape index (κ3) is 4.03. The van der Waals surface area contributed by atoms with Gasteiger partial charge in [0.1, 0.15) is 11.5 Å². The van der Waals surface area contributed by atoms with E-state index >= 15 is 0 Å². The maximum absolute atomic E-state index is 12.6. The minimum absolute atomic E-state index is 0.0685. The third-order valence-electron chi connectivity index (χ3n) is 5.13. The summed E-state index contributed by atoms with van der Waals surface area (Å²) in [6, 6.07) is 12.2. The molecule has 32 heavy (non-hydrogen) atoms. The second-order valence-corrected chi connectivity index (χ2v) is 8.55. The number of carboxylic acids is 1. The minimum atomic E-state index is -1.06. The number of ether oxygens (including phenoxy) is 2. The smallest absolute Gasteiger partial charge is 0.346 e. The fourth-order valence-corrected chi connectivity index (χ4v) is 5.11. The summed E-state index contributed by atoms with van der Waals surface area (Å²) in [6.07, 6.45) is 5.49. The van der Waals surface area contributed by atoms with Gasteiger partial charge >= 0.3 is 5.97 Å². The number of amides is 1. The van der Waals surface area contributed by atoms with Crippen LogP contribution in [0.25, 0.3) is 11.1 Å². The summed E-state index contributed by atoms with van der Waals surface area (Å²) in [7, 11) is 1.53. The molecule has 6 nitrogen and oxygen atoms in total. The highest BCUT2D eigenvalue weighted by Crippen LogP contribution is 2.50. The van der Waals surface area contributed by atoms with E-state index in [-0.39, 0.29) is 29.7 Å². The zero-order valence-electron chi connectivity index (χ0n) is 17.0. The molecule has 2 heterocycles. The minimum Gasteiger partial charge on any atom is -0.493 e. The third-order valence-corrected chi connectivity index (χ3v) is 6.68. The summed E-state index contributed by atoms with van der Waals surface area (Å²) in [6.45, 7) is 0.0685. The Balaban J connectivity index is 1.86. The van der Waals surface area contributed by atoms with Crippen molar-refractivity contribution in [1.29, 1.82) is 0 Å². The Morgan fingerprint density at radius 3 is 2.69 bits per heavy atom. The molecule has 0 spiro atoms. The summed E-state index contributed by atoms with van der Waals surface area (Å²) in [5.41, 5.74) is 2.45. The van der Waals surface area contributed by atoms with E-state index in [1.54, 1.807) is 36.4 Å². The number of thiophene rings is 1. The van der Waals surface area contributed by atoms with Crippen LogP contribution in [0.2, 0.25) is 5.02 Å². The highest BCUT2D eigenvalue weighted by atomic mass is 35.5. The molecule has 1 aliphatic rings. The average molecular weight is 468 g/mol. The predicted octanol–water partition coefficient (Wildman–Crippen LogP) is 5.26. The molecule has 4 rings (SSSR count). The van der Waals surface area contributed by atoms with E-state index in [0.717, 1.165) is 21.8 Å². The Morgan fingerprint density at radius 2 is 2.03 bits per heavy atom. The summed E-state index contributed by atoms with van der Waals surface area (Å²) < 4.78 is 10.9. The van der Waals surface area contributed by atoms with Crippen molar-refractivity contribution < 1.29 is 24.2 Å². The van der Waals surface area contributed by atoms with E-state index in [1.165, 1.54) is 7.11 Å². The number of aromatic carboxylic acids is 1. The van der Waals surface area contributed by atoms with Crippen LogP contribution in [0.4, 0.5) is 5.69 Å². The van der Waals surface area contributed by atoms with Crippen molar-refractivity contribution in [3.63, 3.8) is 0 Å². The first-order chi connectivity index (χ1) is 15.4. The van der Waals surface area contributed by atoms with E-state index in [2.05, 4.69) is 11.2 Å². The van der Waals surface area contributed by atoms with Gasteiger partial charge < -0.3 is 19.9 Å². The van der Waals surface area contributed by atoms with Crippen LogP contribution in [-0.2, 0) is 4.79 Å². The fraction of sp³-hybridized carbons (Fsp3) is 0.167. The van der Waals surface area contributed by atoms with Gasteiger partial charge in [-0.05, 0) is 35.4 Å².